The normalized spacial score (nSPS) is 14.7. The molecule has 0 spiro atoms. The van der Waals surface area contributed by atoms with Crippen LogP contribution in [0.2, 0.25) is 0 Å². The summed E-state index contributed by atoms with van der Waals surface area (Å²) in [7, 11) is 0. The lowest BCUT2D eigenvalue weighted by molar-refractivity contribution is 0.0766. The molecule has 0 unspecified atom stereocenters. The van der Waals surface area contributed by atoms with Crippen LogP contribution in [-0.4, -0.2) is 33.9 Å². The number of aromatic nitrogens is 2. The van der Waals surface area contributed by atoms with Gasteiger partial charge in [0.2, 0.25) is 0 Å². The summed E-state index contributed by atoms with van der Waals surface area (Å²) in [6.07, 6.45) is 6.17. The largest absolute Gasteiger partial charge is 0.333 e. The molecule has 21 heavy (non-hydrogen) atoms. The molecule has 0 radical (unpaired) electrons. The molecule has 1 amide bonds. The van der Waals surface area contributed by atoms with Crippen LogP contribution in [0.25, 0.3) is 5.57 Å². The first-order valence-electron chi connectivity index (χ1n) is 7.06. The van der Waals surface area contributed by atoms with Crippen molar-refractivity contribution in [2.45, 2.75) is 13.3 Å². The maximum absolute atomic E-state index is 12.3. The Morgan fingerprint density at radius 3 is 2.57 bits per heavy atom. The third-order valence-corrected chi connectivity index (χ3v) is 3.64. The maximum Gasteiger partial charge on any atom is 0.274 e. The van der Waals surface area contributed by atoms with Crippen LogP contribution < -0.4 is 0 Å². The van der Waals surface area contributed by atoms with Crippen molar-refractivity contribution in [1.29, 1.82) is 0 Å². The van der Waals surface area contributed by atoms with Gasteiger partial charge in [0.05, 0.1) is 11.9 Å². The summed E-state index contributed by atoms with van der Waals surface area (Å²) in [5.74, 6) is -0.0501. The van der Waals surface area contributed by atoms with Crippen molar-refractivity contribution in [3.63, 3.8) is 0 Å². The van der Waals surface area contributed by atoms with E-state index < -0.39 is 0 Å². The predicted molar refractivity (Wildman–Crippen MR) is 81.7 cm³/mol. The van der Waals surface area contributed by atoms with E-state index in [2.05, 4.69) is 28.2 Å². The lowest BCUT2D eigenvalue weighted by atomic mass is 9.99. The zero-order valence-corrected chi connectivity index (χ0v) is 12.0. The van der Waals surface area contributed by atoms with Crippen molar-refractivity contribution in [2.75, 3.05) is 13.1 Å². The van der Waals surface area contributed by atoms with Gasteiger partial charge in [0.25, 0.3) is 5.91 Å². The van der Waals surface area contributed by atoms with Gasteiger partial charge in [-0.15, -0.1) is 0 Å². The second-order valence-corrected chi connectivity index (χ2v) is 5.14. The molecule has 1 aromatic heterocycles. The van der Waals surface area contributed by atoms with Crippen molar-refractivity contribution in [1.82, 2.24) is 14.9 Å². The van der Waals surface area contributed by atoms with Crippen molar-refractivity contribution < 1.29 is 4.79 Å². The standard InChI is InChI=1S/C17H17N3O/c1-13-11-19-16(12-18-13)17(21)20-9-7-15(8-10-20)14-5-3-2-4-6-14/h2-7,11-12H,8-10H2,1H3. The minimum Gasteiger partial charge on any atom is -0.333 e. The van der Waals surface area contributed by atoms with E-state index in [1.807, 2.05) is 30.0 Å². The van der Waals surface area contributed by atoms with Gasteiger partial charge in [-0.1, -0.05) is 36.4 Å². The average Bonchev–Trinajstić information content (AvgIpc) is 2.56. The zero-order chi connectivity index (χ0) is 14.7. The van der Waals surface area contributed by atoms with Crippen LogP contribution in [0.4, 0.5) is 0 Å². The number of carbonyl (C=O) groups is 1. The summed E-state index contributed by atoms with van der Waals surface area (Å²) < 4.78 is 0. The van der Waals surface area contributed by atoms with Gasteiger partial charge in [0.1, 0.15) is 5.69 Å². The summed E-state index contributed by atoms with van der Waals surface area (Å²) in [6.45, 7) is 3.20. The fourth-order valence-electron chi connectivity index (χ4n) is 2.43. The second kappa shape index (κ2) is 5.87. The van der Waals surface area contributed by atoms with Crippen LogP contribution >= 0.6 is 0 Å². The van der Waals surface area contributed by atoms with Gasteiger partial charge >= 0.3 is 0 Å². The highest BCUT2D eigenvalue weighted by Crippen LogP contribution is 2.22. The van der Waals surface area contributed by atoms with Crippen molar-refractivity contribution in [3.05, 3.63) is 65.8 Å². The van der Waals surface area contributed by atoms with E-state index in [1.54, 1.807) is 12.4 Å². The first-order chi connectivity index (χ1) is 10.2. The van der Waals surface area contributed by atoms with Gasteiger partial charge in [-0.25, -0.2) is 4.98 Å². The van der Waals surface area contributed by atoms with E-state index >= 15 is 0 Å². The molecule has 0 aliphatic carbocycles. The average molecular weight is 279 g/mol. The van der Waals surface area contributed by atoms with Crippen LogP contribution in [-0.2, 0) is 0 Å². The van der Waals surface area contributed by atoms with Gasteiger partial charge in [0, 0.05) is 19.3 Å². The summed E-state index contributed by atoms with van der Waals surface area (Å²) >= 11 is 0. The Kier molecular flexibility index (Phi) is 3.77. The van der Waals surface area contributed by atoms with Crippen molar-refractivity contribution >= 4 is 11.5 Å². The molecular formula is C17H17N3O. The Labute approximate surface area is 124 Å². The van der Waals surface area contributed by atoms with Crippen LogP contribution in [0.15, 0.2) is 48.8 Å². The molecule has 1 aromatic carbocycles. The van der Waals surface area contributed by atoms with E-state index in [1.165, 1.54) is 11.1 Å². The van der Waals surface area contributed by atoms with Gasteiger partial charge in [-0.3, -0.25) is 9.78 Å². The predicted octanol–water partition coefficient (Wildman–Crippen LogP) is 2.71. The van der Waals surface area contributed by atoms with E-state index in [4.69, 9.17) is 0 Å². The maximum atomic E-state index is 12.3. The number of hydrogen-bond donors (Lipinski definition) is 0. The number of aryl methyl sites for hydroxylation is 1. The molecule has 1 aliphatic heterocycles. The number of nitrogens with zero attached hydrogens (tertiary/aromatic N) is 3. The van der Waals surface area contributed by atoms with Crippen LogP contribution in [0, 0.1) is 6.92 Å². The highest BCUT2D eigenvalue weighted by molar-refractivity contribution is 5.92. The molecule has 0 N–H and O–H groups in total. The molecule has 2 heterocycles. The van der Waals surface area contributed by atoms with Gasteiger partial charge in [-0.05, 0) is 24.5 Å². The smallest absolute Gasteiger partial charge is 0.274 e. The van der Waals surface area contributed by atoms with Gasteiger partial charge < -0.3 is 4.90 Å². The third kappa shape index (κ3) is 2.99. The van der Waals surface area contributed by atoms with E-state index in [0.717, 1.165) is 18.7 Å². The Bertz CT molecular complexity index is 662. The lowest BCUT2D eigenvalue weighted by Crippen LogP contribution is -2.35. The molecule has 0 atom stereocenters. The molecule has 106 valence electrons. The Balaban J connectivity index is 1.72. The fraction of sp³-hybridized carbons (Fsp3) is 0.235. The molecule has 2 aromatic rings. The summed E-state index contributed by atoms with van der Waals surface area (Å²) in [6, 6.07) is 10.3. The molecule has 0 saturated heterocycles. The summed E-state index contributed by atoms with van der Waals surface area (Å²) in [5, 5.41) is 0. The van der Waals surface area contributed by atoms with Crippen molar-refractivity contribution in [3.8, 4) is 0 Å². The second-order valence-electron chi connectivity index (χ2n) is 5.14. The van der Waals surface area contributed by atoms with E-state index in [0.29, 0.717) is 12.2 Å². The molecule has 0 fully saturated rings. The quantitative estimate of drug-likeness (QED) is 0.849. The van der Waals surface area contributed by atoms with Crippen LogP contribution in [0.5, 0.6) is 0 Å². The first-order valence-corrected chi connectivity index (χ1v) is 7.06. The molecule has 1 aliphatic rings. The number of benzene rings is 1. The zero-order valence-electron chi connectivity index (χ0n) is 12.0. The van der Waals surface area contributed by atoms with Crippen LogP contribution in [0.1, 0.15) is 28.2 Å². The topological polar surface area (TPSA) is 46.1 Å². The molecule has 4 heteroatoms. The summed E-state index contributed by atoms with van der Waals surface area (Å²) in [4.78, 5) is 22.4. The minimum atomic E-state index is -0.0501. The SMILES string of the molecule is Cc1cnc(C(=O)N2CC=C(c3ccccc3)CC2)cn1. The van der Waals surface area contributed by atoms with Gasteiger partial charge in [0.15, 0.2) is 0 Å². The molecule has 4 nitrogen and oxygen atoms in total. The monoisotopic (exact) mass is 279 g/mol. The molecule has 3 rings (SSSR count). The number of rotatable bonds is 2. The lowest BCUT2D eigenvalue weighted by Gasteiger charge is -2.26. The van der Waals surface area contributed by atoms with Crippen LogP contribution in [0.3, 0.4) is 0 Å². The minimum absolute atomic E-state index is 0.0501. The highest BCUT2D eigenvalue weighted by Gasteiger charge is 2.20. The third-order valence-electron chi connectivity index (χ3n) is 3.64. The highest BCUT2D eigenvalue weighted by atomic mass is 16.2. The Morgan fingerprint density at radius 1 is 1.14 bits per heavy atom. The Hall–Kier alpha value is -2.49. The molecule has 0 saturated carbocycles. The number of carbonyl (C=O) groups excluding carboxylic acids is 1. The number of amides is 1. The summed E-state index contributed by atoms with van der Waals surface area (Å²) in [5.41, 5.74) is 3.77. The first kappa shape index (κ1) is 13.5. The molecule has 0 bridgehead atoms. The van der Waals surface area contributed by atoms with Crippen molar-refractivity contribution in [2.24, 2.45) is 0 Å². The Morgan fingerprint density at radius 2 is 1.95 bits per heavy atom. The van der Waals surface area contributed by atoms with E-state index in [-0.39, 0.29) is 5.91 Å². The van der Waals surface area contributed by atoms with E-state index in [9.17, 15) is 4.79 Å². The number of hydrogen-bond acceptors (Lipinski definition) is 3. The van der Waals surface area contributed by atoms with Gasteiger partial charge in [-0.2, -0.15) is 0 Å². The molecular weight excluding hydrogens is 262 g/mol. The fourth-order valence-corrected chi connectivity index (χ4v) is 2.43.